The third kappa shape index (κ3) is 4.41. The normalized spacial score (nSPS) is 11.8. The van der Waals surface area contributed by atoms with Gasteiger partial charge < -0.3 is 20.3 Å². The zero-order valence-corrected chi connectivity index (χ0v) is 13.2. The Balaban J connectivity index is 2.20. The number of esters is 1. The van der Waals surface area contributed by atoms with Gasteiger partial charge in [0.2, 0.25) is 0 Å². The van der Waals surface area contributed by atoms with Gasteiger partial charge in [-0.15, -0.1) is 0 Å². The van der Waals surface area contributed by atoms with Crippen LogP contribution in [0.1, 0.15) is 15.9 Å². The maximum Gasteiger partial charge on any atom is 0.342 e. The zero-order chi connectivity index (χ0) is 16.8. The minimum absolute atomic E-state index is 0.204. The average Bonchev–Trinajstić information content (AvgIpc) is 2.57. The largest absolute Gasteiger partial charge is 0.459 e. The number of nitrogens with one attached hydrogen (secondary N) is 1. The maximum absolute atomic E-state index is 12.1. The first-order chi connectivity index (χ1) is 11.0. The number of ether oxygens (including phenoxy) is 1. The number of hydrogen-bond acceptors (Lipinski definition) is 6. The molecular weight excluding hydrogens is 320 g/mol. The first kappa shape index (κ1) is 17.2. The molecule has 0 saturated heterocycles. The second kappa shape index (κ2) is 7.92. The number of benzene rings is 1. The van der Waals surface area contributed by atoms with E-state index in [4.69, 9.17) is 21.4 Å². The standard InChI is InChI=1S/C16H17ClN2O4/c1-10-4-2-6-13(14(10)17)19-15-12(5-3-7-18-15)16(22)23-9-11(21)8-20/h2-7,11,20-21H,8-9H2,1H3,(H,18,19). The fraction of sp³-hybridized carbons (Fsp3) is 0.250. The Labute approximate surface area is 138 Å². The van der Waals surface area contributed by atoms with E-state index in [0.29, 0.717) is 16.5 Å². The van der Waals surface area contributed by atoms with Crippen molar-refractivity contribution in [1.29, 1.82) is 0 Å². The van der Waals surface area contributed by atoms with Crippen molar-refractivity contribution in [1.82, 2.24) is 4.98 Å². The lowest BCUT2D eigenvalue weighted by atomic mass is 10.2. The highest BCUT2D eigenvalue weighted by molar-refractivity contribution is 6.34. The van der Waals surface area contributed by atoms with Gasteiger partial charge in [-0.05, 0) is 30.7 Å². The lowest BCUT2D eigenvalue weighted by Gasteiger charge is -2.13. The van der Waals surface area contributed by atoms with Crippen LogP contribution < -0.4 is 5.32 Å². The van der Waals surface area contributed by atoms with Crippen LogP contribution in [0.5, 0.6) is 0 Å². The highest BCUT2D eigenvalue weighted by atomic mass is 35.5. The van der Waals surface area contributed by atoms with Crippen molar-refractivity contribution in [2.24, 2.45) is 0 Å². The number of pyridine rings is 1. The minimum Gasteiger partial charge on any atom is -0.459 e. The molecule has 1 atom stereocenters. The molecule has 1 aromatic carbocycles. The van der Waals surface area contributed by atoms with Crippen LogP contribution in [-0.2, 0) is 4.74 Å². The fourth-order valence-corrected chi connectivity index (χ4v) is 2.02. The van der Waals surface area contributed by atoms with Crippen LogP contribution in [0, 0.1) is 6.92 Å². The molecule has 0 aliphatic heterocycles. The van der Waals surface area contributed by atoms with E-state index in [0.717, 1.165) is 5.56 Å². The third-order valence-electron chi connectivity index (χ3n) is 3.09. The maximum atomic E-state index is 12.1. The van der Waals surface area contributed by atoms with Crippen LogP contribution in [0.3, 0.4) is 0 Å². The summed E-state index contributed by atoms with van der Waals surface area (Å²) in [5.41, 5.74) is 1.72. The number of nitrogens with zero attached hydrogens (tertiary/aromatic N) is 1. The monoisotopic (exact) mass is 336 g/mol. The Bertz CT molecular complexity index is 694. The van der Waals surface area contributed by atoms with Gasteiger partial charge >= 0.3 is 5.97 Å². The topological polar surface area (TPSA) is 91.7 Å². The number of anilines is 2. The molecule has 0 bridgehead atoms. The molecule has 2 rings (SSSR count). The van der Waals surface area contributed by atoms with Crippen molar-refractivity contribution in [2.75, 3.05) is 18.5 Å². The van der Waals surface area contributed by atoms with E-state index in [-0.39, 0.29) is 12.2 Å². The third-order valence-corrected chi connectivity index (χ3v) is 3.59. The second-order valence-corrected chi connectivity index (χ2v) is 5.27. The molecule has 0 spiro atoms. The van der Waals surface area contributed by atoms with Crippen LogP contribution in [-0.4, -0.2) is 40.5 Å². The molecule has 3 N–H and O–H groups in total. The summed E-state index contributed by atoms with van der Waals surface area (Å²) in [5.74, 6) is -0.361. The molecule has 0 saturated carbocycles. The second-order valence-electron chi connectivity index (χ2n) is 4.90. The number of carbonyl (C=O) groups excluding carboxylic acids is 1. The molecule has 0 aliphatic rings. The van der Waals surface area contributed by atoms with Gasteiger partial charge in [0.1, 0.15) is 24.1 Å². The smallest absolute Gasteiger partial charge is 0.342 e. The van der Waals surface area contributed by atoms with Gasteiger partial charge in [0.05, 0.1) is 17.3 Å². The Kier molecular flexibility index (Phi) is 5.92. The zero-order valence-electron chi connectivity index (χ0n) is 12.5. The summed E-state index contributed by atoms with van der Waals surface area (Å²) < 4.78 is 4.95. The first-order valence-electron chi connectivity index (χ1n) is 6.96. The Morgan fingerprint density at radius 3 is 2.91 bits per heavy atom. The van der Waals surface area contributed by atoms with Gasteiger partial charge in [-0.25, -0.2) is 9.78 Å². The molecule has 1 heterocycles. The van der Waals surface area contributed by atoms with Gasteiger partial charge in [-0.1, -0.05) is 23.7 Å². The summed E-state index contributed by atoms with van der Waals surface area (Å²) in [6.45, 7) is 1.09. The van der Waals surface area contributed by atoms with E-state index >= 15 is 0 Å². The highest BCUT2D eigenvalue weighted by Crippen LogP contribution is 2.28. The van der Waals surface area contributed by atoms with Crippen molar-refractivity contribution in [3.05, 3.63) is 52.7 Å². The summed E-state index contributed by atoms with van der Waals surface area (Å²) >= 11 is 6.23. The Hall–Kier alpha value is -2.15. The number of aryl methyl sites for hydroxylation is 1. The fourth-order valence-electron chi connectivity index (χ4n) is 1.84. The summed E-state index contributed by atoms with van der Waals surface area (Å²) in [6.07, 6.45) is 0.420. The SMILES string of the molecule is Cc1cccc(Nc2ncccc2C(=O)OCC(O)CO)c1Cl. The van der Waals surface area contributed by atoms with E-state index in [1.165, 1.54) is 6.20 Å². The molecule has 23 heavy (non-hydrogen) atoms. The van der Waals surface area contributed by atoms with Crippen molar-refractivity contribution in [3.8, 4) is 0 Å². The molecule has 6 nitrogen and oxygen atoms in total. The molecule has 122 valence electrons. The van der Waals surface area contributed by atoms with Crippen LogP contribution in [0.15, 0.2) is 36.5 Å². The van der Waals surface area contributed by atoms with Gasteiger partial charge in [0, 0.05) is 6.20 Å². The first-order valence-corrected chi connectivity index (χ1v) is 7.34. The summed E-state index contributed by atoms with van der Waals surface area (Å²) in [7, 11) is 0. The molecule has 0 fully saturated rings. The lowest BCUT2D eigenvalue weighted by molar-refractivity contribution is 0.00938. The van der Waals surface area contributed by atoms with Gasteiger partial charge in [-0.3, -0.25) is 0 Å². The number of halogens is 1. The number of aromatic nitrogens is 1. The minimum atomic E-state index is -1.11. The highest BCUT2D eigenvalue weighted by Gasteiger charge is 2.16. The van der Waals surface area contributed by atoms with Crippen LogP contribution >= 0.6 is 11.6 Å². The van der Waals surface area contributed by atoms with Crippen molar-refractivity contribution in [2.45, 2.75) is 13.0 Å². The van der Waals surface area contributed by atoms with E-state index in [9.17, 15) is 9.90 Å². The summed E-state index contributed by atoms with van der Waals surface area (Å²) in [6, 6.07) is 8.63. The number of rotatable bonds is 6. The lowest BCUT2D eigenvalue weighted by Crippen LogP contribution is -2.22. The molecular formula is C16H17ClN2O4. The quantitative estimate of drug-likeness (QED) is 0.701. The molecule has 0 radical (unpaired) electrons. The van der Waals surface area contributed by atoms with E-state index in [2.05, 4.69) is 10.3 Å². The molecule has 1 aromatic heterocycles. The molecule has 7 heteroatoms. The van der Waals surface area contributed by atoms with Crippen LogP contribution in [0.4, 0.5) is 11.5 Å². The number of hydrogen-bond donors (Lipinski definition) is 3. The number of aliphatic hydroxyl groups is 2. The summed E-state index contributed by atoms with van der Waals surface area (Å²) in [5, 5.41) is 21.5. The number of carbonyl (C=O) groups is 1. The van der Waals surface area contributed by atoms with Crippen LogP contribution in [0.2, 0.25) is 5.02 Å². The summed E-state index contributed by atoms with van der Waals surface area (Å²) in [4.78, 5) is 16.2. The Morgan fingerprint density at radius 1 is 1.39 bits per heavy atom. The van der Waals surface area contributed by atoms with Crippen molar-refractivity contribution >= 4 is 29.1 Å². The van der Waals surface area contributed by atoms with E-state index in [1.807, 2.05) is 19.1 Å². The van der Waals surface area contributed by atoms with Crippen molar-refractivity contribution < 1.29 is 19.7 Å². The van der Waals surface area contributed by atoms with Gasteiger partial charge in [-0.2, -0.15) is 0 Å². The van der Waals surface area contributed by atoms with Gasteiger partial charge in [0.25, 0.3) is 0 Å². The van der Waals surface area contributed by atoms with E-state index in [1.54, 1.807) is 18.2 Å². The van der Waals surface area contributed by atoms with Gasteiger partial charge in [0.15, 0.2) is 0 Å². The predicted molar refractivity (Wildman–Crippen MR) is 87.1 cm³/mol. The number of aliphatic hydroxyl groups excluding tert-OH is 2. The van der Waals surface area contributed by atoms with Crippen molar-refractivity contribution in [3.63, 3.8) is 0 Å². The molecule has 2 aromatic rings. The molecule has 0 amide bonds. The molecule has 0 aliphatic carbocycles. The van der Waals surface area contributed by atoms with E-state index < -0.39 is 18.7 Å². The average molecular weight is 337 g/mol. The predicted octanol–water partition coefficient (Wildman–Crippen LogP) is 2.30. The molecule has 1 unspecified atom stereocenters. The van der Waals surface area contributed by atoms with Crippen LogP contribution in [0.25, 0.3) is 0 Å². The Morgan fingerprint density at radius 2 is 2.17 bits per heavy atom.